The van der Waals surface area contributed by atoms with Gasteiger partial charge in [0.15, 0.2) is 0 Å². The summed E-state index contributed by atoms with van der Waals surface area (Å²) in [5.41, 5.74) is 2.88. The molecule has 0 atom stereocenters. The summed E-state index contributed by atoms with van der Waals surface area (Å²) < 4.78 is 2.47. The number of imidazole rings is 1. The van der Waals surface area contributed by atoms with E-state index < -0.39 is 0 Å². The van der Waals surface area contributed by atoms with E-state index in [0.717, 1.165) is 18.9 Å². The molecule has 2 nitrogen and oxygen atoms in total. The molecule has 1 aromatic carbocycles. The van der Waals surface area contributed by atoms with E-state index in [1.807, 2.05) is 12.5 Å². The monoisotopic (exact) mass is 360 g/mol. The lowest BCUT2D eigenvalue weighted by molar-refractivity contribution is 0.588. The highest BCUT2D eigenvalue weighted by molar-refractivity contribution is 8.18. The van der Waals surface area contributed by atoms with Crippen LogP contribution in [0.4, 0.5) is 0 Å². The molecule has 0 spiro atoms. The first-order chi connectivity index (χ1) is 11.6. The Morgan fingerprint density at radius 3 is 2.46 bits per heavy atom. The molecule has 1 fully saturated rings. The first-order valence-electron chi connectivity index (χ1n) is 8.93. The maximum Gasteiger partial charge on any atom is 0.0946 e. The third-order valence-corrected chi connectivity index (χ3v) is 8.43. The fraction of sp³-hybridized carbons (Fsp3) is 0.550. The summed E-state index contributed by atoms with van der Waals surface area (Å²) in [5.74, 6) is 4.02. The zero-order valence-corrected chi connectivity index (χ0v) is 16.6. The molecule has 0 bridgehead atoms. The highest BCUT2D eigenvalue weighted by atomic mass is 32.2. The lowest BCUT2D eigenvalue weighted by Gasteiger charge is -2.39. The van der Waals surface area contributed by atoms with Gasteiger partial charge in [-0.15, -0.1) is 23.5 Å². The van der Waals surface area contributed by atoms with Crippen LogP contribution in [0, 0.1) is 5.92 Å². The van der Waals surface area contributed by atoms with Crippen LogP contribution in [0.3, 0.4) is 0 Å². The summed E-state index contributed by atoms with van der Waals surface area (Å²) >= 11 is 4.32. The Morgan fingerprint density at radius 1 is 1.21 bits per heavy atom. The molecule has 1 aromatic heterocycles. The SMILES string of the molecule is CCC1CSC(Cc2ccc(C(C)C)cc2)(Cn2ccnc2)SC1. The van der Waals surface area contributed by atoms with E-state index in [2.05, 4.69) is 84.3 Å². The first-order valence-corrected chi connectivity index (χ1v) is 10.9. The molecule has 1 aliphatic heterocycles. The van der Waals surface area contributed by atoms with Gasteiger partial charge in [0.2, 0.25) is 0 Å². The van der Waals surface area contributed by atoms with E-state index in [1.165, 1.54) is 29.1 Å². The second-order valence-electron chi connectivity index (χ2n) is 7.12. The number of aromatic nitrogens is 2. The van der Waals surface area contributed by atoms with E-state index in [-0.39, 0.29) is 4.08 Å². The predicted molar refractivity (Wildman–Crippen MR) is 108 cm³/mol. The molecule has 2 aromatic rings. The first kappa shape index (κ1) is 17.9. The quantitative estimate of drug-likeness (QED) is 0.682. The van der Waals surface area contributed by atoms with Gasteiger partial charge in [0, 0.05) is 18.9 Å². The van der Waals surface area contributed by atoms with Crippen LogP contribution in [0.1, 0.15) is 44.2 Å². The summed E-state index contributed by atoms with van der Waals surface area (Å²) in [5, 5.41) is 0. The van der Waals surface area contributed by atoms with Gasteiger partial charge in [-0.3, -0.25) is 0 Å². The number of thioether (sulfide) groups is 2. The second-order valence-corrected chi connectivity index (χ2v) is 10.2. The Labute approximate surface area is 154 Å². The number of benzene rings is 1. The van der Waals surface area contributed by atoms with Crippen LogP contribution in [-0.4, -0.2) is 25.1 Å². The average Bonchev–Trinajstić information content (AvgIpc) is 3.09. The van der Waals surface area contributed by atoms with Gasteiger partial charge in [0.1, 0.15) is 0 Å². The lowest BCUT2D eigenvalue weighted by atomic mass is 10.00. The molecule has 4 heteroatoms. The Kier molecular flexibility index (Phi) is 5.98. The van der Waals surface area contributed by atoms with E-state index in [1.54, 1.807) is 0 Å². The molecule has 1 saturated heterocycles. The molecule has 0 aliphatic carbocycles. The summed E-state index contributed by atoms with van der Waals surface area (Å²) in [7, 11) is 0. The minimum Gasteiger partial charge on any atom is -0.335 e. The van der Waals surface area contributed by atoms with Gasteiger partial charge in [-0.05, 0) is 40.9 Å². The standard InChI is InChI=1S/C20H28N2S2/c1-4-17-12-23-20(24-13-17,14-22-10-9-21-15-22)11-18-5-7-19(8-6-18)16(2)3/h5-10,15-17H,4,11-14H2,1-3H3. The van der Waals surface area contributed by atoms with Crippen LogP contribution < -0.4 is 0 Å². The van der Waals surface area contributed by atoms with E-state index in [4.69, 9.17) is 0 Å². The molecule has 3 rings (SSSR count). The van der Waals surface area contributed by atoms with Gasteiger partial charge in [0.25, 0.3) is 0 Å². The van der Waals surface area contributed by atoms with Crippen LogP contribution in [0.15, 0.2) is 43.0 Å². The molecule has 2 heterocycles. The number of hydrogen-bond donors (Lipinski definition) is 0. The summed E-state index contributed by atoms with van der Waals surface area (Å²) in [6.07, 6.45) is 8.35. The smallest absolute Gasteiger partial charge is 0.0946 e. The van der Waals surface area contributed by atoms with Crippen LogP contribution in [0.2, 0.25) is 0 Å². The highest BCUT2D eigenvalue weighted by Gasteiger charge is 2.37. The van der Waals surface area contributed by atoms with E-state index in [0.29, 0.717) is 5.92 Å². The van der Waals surface area contributed by atoms with Gasteiger partial charge in [-0.25, -0.2) is 4.98 Å². The van der Waals surface area contributed by atoms with Crippen molar-refractivity contribution >= 4 is 23.5 Å². The minimum absolute atomic E-state index is 0.228. The topological polar surface area (TPSA) is 17.8 Å². The predicted octanol–water partition coefficient (Wildman–Crippen LogP) is 5.45. The number of hydrogen-bond acceptors (Lipinski definition) is 3. The van der Waals surface area contributed by atoms with Crippen LogP contribution in [0.5, 0.6) is 0 Å². The fourth-order valence-corrected chi connectivity index (χ4v) is 6.80. The van der Waals surface area contributed by atoms with Crippen molar-refractivity contribution in [1.29, 1.82) is 0 Å². The lowest BCUT2D eigenvalue weighted by Crippen LogP contribution is -2.35. The molecule has 130 valence electrons. The molecule has 0 radical (unpaired) electrons. The van der Waals surface area contributed by atoms with Gasteiger partial charge in [-0.2, -0.15) is 0 Å². The molecule has 0 amide bonds. The molecule has 0 N–H and O–H groups in total. The summed E-state index contributed by atoms with van der Waals surface area (Å²) in [6.45, 7) is 7.87. The van der Waals surface area contributed by atoms with Crippen molar-refractivity contribution in [2.24, 2.45) is 5.92 Å². The van der Waals surface area contributed by atoms with Crippen LogP contribution in [-0.2, 0) is 13.0 Å². The molecule has 24 heavy (non-hydrogen) atoms. The Balaban J connectivity index is 1.77. The largest absolute Gasteiger partial charge is 0.335 e. The van der Waals surface area contributed by atoms with Gasteiger partial charge in [0.05, 0.1) is 10.4 Å². The third-order valence-electron chi connectivity index (χ3n) is 4.84. The van der Waals surface area contributed by atoms with Gasteiger partial charge in [-0.1, -0.05) is 51.5 Å². The van der Waals surface area contributed by atoms with Crippen molar-refractivity contribution in [1.82, 2.24) is 9.55 Å². The molecule has 0 unspecified atom stereocenters. The van der Waals surface area contributed by atoms with Crippen molar-refractivity contribution in [3.05, 3.63) is 54.1 Å². The Morgan fingerprint density at radius 2 is 1.92 bits per heavy atom. The Bertz CT molecular complexity index is 612. The number of rotatable bonds is 6. The Hall–Kier alpha value is -0.870. The van der Waals surface area contributed by atoms with E-state index in [9.17, 15) is 0 Å². The number of nitrogens with zero attached hydrogens (tertiary/aromatic N) is 2. The normalized spacial score (nSPS) is 24.4. The second kappa shape index (κ2) is 8.01. The van der Waals surface area contributed by atoms with Crippen molar-refractivity contribution in [3.8, 4) is 0 Å². The minimum atomic E-state index is 0.228. The molecule has 1 aliphatic rings. The highest BCUT2D eigenvalue weighted by Crippen LogP contribution is 2.48. The summed E-state index contributed by atoms with van der Waals surface area (Å²) in [6, 6.07) is 9.27. The van der Waals surface area contributed by atoms with Gasteiger partial charge >= 0.3 is 0 Å². The average molecular weight is 361 g/mol. The molecule has 0 saturated carbocycles. The maximum atomic E-state index is 4.23. The third kappa shape index (κ3) is 4.40. The zero-order chi connectivity index (χ0) is 17.0. The van der Waals surface area contributed by atoms with Crippen molar-refractivity contribution in [2.45, 2.75) is 50.2 Å². The fourth-order valence-electron chi connectivity index (χ4n) is 3.10. The summed E-state index contributed by atoms with van der Waals surface area (Å²) in [4.78, 5) is 4.23. The molecular formula is C20H28N2S2. The van der Waals surface area contributed by atoms with Crippen LogP contribution in [0.25, 0.3) is 0 Å². The van der Waals surface area contributed by atoms with E-state index >= 15 is 0 Å². The van der Waals surface area contributed by atoms with Crippen molar-refractivity contribution in [2.75, 3.05) is 11.5 Å². The zero-order valence-electron chi connectivity index (χ0n) is 14.9. The van der Waals surface area contributed by atoms with Crippen molar-refractivity contribution in [3.63, 3.8) is 0 Å². The van der Waals surface area contributed by atoms with Crippen molar-refractivity contribution < 1.29 is 0 Å². The molecular weight excluding hydrogens is 332 g/mol. The maximum absolute atomic E-state index is 4.23. The van der Waals surface area contributed by atoms with Gasteiger partial charge < -0.3 is 4.57 Å². The van der Waals surface area contributed by atoms with Crippen LogP contribution >= 0.6 is 23.5 Å².